The predicted octanol–water partition coefficient (Wildman–Crippen LogP) is 2.04. The van der Waals surface area contributed by atoms with Crippen LogP contribution < -0.4 is 5.32 Å². The molecule has 0 saturated carbocycles. The van der Waals surface area contributed by atoms with Crippen LogP contribution in [-0.4, -0.2) is 43.2 Å². The first-order valence-corrected chi connectivity index (χ1v) is 6.65. The summed E-state index contributed by atoms with van der Waals surface area (Å²) in [5, 5.41) is 2.77. The number of esters is 1. The van der Waals surface area contributed by atoms with E-state index in [2.05, 4.69) is 32.7 Å². The summed E-state index contributed by atoms with van der Waals surface area (Å²) in [6.45, 7) is 16.3. The van der Waals surface area contributed by atoms with Gasteiger partial charge in [-0.15, -0.1) is 0 Å². The molecule has 0 fully saturated rings. The van der Waals surface area contributed by atoms with E-state index < -0.39 is 0 Å². The van der Waals surface area contributed by atoms with Crippen LogP contribution in [0.5, 0.6) is 0 Å². The van der Waals surface area contributed by atoms with Crippen molar-refractivity contribution in [3.05, 3.63) is 24.6 Å². The summed E-state index contributed by atoms with van der Waals surface area (Å²) >= 11 is 0. The van der Waals surface area contributed by atoms with Crippen molar-refractivity contribution in [2.45, 2.75) is 27.7 Å². The lowest BCUT2D eigenvalue weighted by atomic mass is 10.3. The first kappa shape index (κ1) is 16.7. The fraction of sp³-hybridized carbons (Fsp3) is 0.643. The van der Waals surface area contributed by atoms with Crippen LogP contribution in [0, 0.1) is 0 Å². The normalized spacial score (nSPS) is 12.1. The largest absolute Gasteiger partial charge is 0.455 e. The van der Waals surface area contributed by atoms with Crippen molar-refractivity contribution in [1.29, 1.82) is 0 Å². The molecule has 4 heteroatoms. The van der Waals surface area contributed by atoms with Crippen molar-refractivity contribution in [1.82, 2.24) is 5.32 Å². The average molecular weight is 255 g/mol. The molecule has 0 saturated heterocycles. The Labute approximate surface area is 111 Å². The summed E-state index contributed by atoms with van der Waals surface area (Å²) in [6, 6.07) is 0. The predicted molar refractivity (Wildman–Crippen MR) is 74.8 cm³/mol. The van der Waals surface area contributed by atoms with Crippen LogP contribution in [0.15, 0.2) is 24.6 Å². The molecular weight excluding hydrogens is 228 g/mol. The van der Waals surface area contributed by atoms with E-state index in [4.69, 9.17) is 4.74 Å². The maximum atomic E-state index is 11.7. The van der Waals surface area contributed by atoms with Crippen molar-refractivity contribution >= 4 is 5.97 Å². The summed E-state index contributed by atoms with van der Waals surface area (Å²) in [5.74, 6) is -0.321. The number of hydrogen-bond acceptors (Lipinski definition) is 3. The summed E-state index contributed by atoms with van der Waals surface area (Å²) < 4.78 is 6.26. The zero-order valence-corrected chi connectivity index (χ0v) is 12.2. The van der Waals surface area contributed by atoms with E-state index in [1.165, 1.54) is 6.20 Å². The Balaban J connectivity index is 4.25. The van der Waals surface area contributed by atoms with E-state index in [9.17, 15) is 4.79 Å². The first-order valence-electron chi connectivity index (χ1n) is 6.65. The Morgan fingerprint density at radius 1 is 1.28 bits per heavy atom. The summed E-state index contributed by atoms with van der Waals surface area (Å²) in [5.41, 5.74) is 0.438. The van der Waals surface area contributed by atoms with Gasteiger partial charge in [-0.25, -0.2) is 4.79 Å². The van der Waals surface area contributed by atoms with Gasteiger partial charge in [-0.2, -0.15) is 0 Å². The van der Waals surface area contributed by atoms with E-state index in [0.717, 1.165) is 30.7 Å². The number of likely N-dealkylation sites (N-methyl/N-ethyl adjacent to an activating group) is 1. The van der Waals surface area contributed by atoms with Crippen molar-refractivity contribution in [3.8, 4) is 0 Å². The molecule has 1 N–H and O–H groups in total. The van der Waals surface area contributed by atoms with Crippen LogP contribution in [-0.2, 0) is 9.53 Å². The Bertz CT molecular complexity index is 286. The minimum atomic E-state index is -0.321. The lowest BCUT2D eigenvalue weighted by Gasteiger charge is -2.35. The maximum absolute atomic E-state index is 11.7. The minimum absolute atomic E-state index is 0.321. The van der Waals surface area contributed by atoms with Gasteiger partial charge in [0.1, 0.15) is 18.8 Å². The van der Waals surface area contributed by atoms with Crippen LogP contribution >= 0.6 is 0 Å². The zero-order chi connectivity index (χ0) is 14.0. The fourth-order valence-electron chi connectivity index (χ4n) is 1.92. The van der Waals surface area contributed by atoms with E-state index in [1.54, 1.807) is 13.0 Å². The standard InChI is InChI=1S/C14H27N2O2/c1-6-13(15-7-2)14(17)18-12-11-16(8-3,9-4)10-5/h6-7,15H,2,8-12H2,1,3-5H3/q+1/b13-6-. The lowest BCUT2D eigenvalue weighted by molar-refractivity contribution is -0.923. The Kier molecular flexibility index (Phi) is 8.12. The van der Waals surface area contributed by atoms with Gasteiger partial charge >= 0.3 is 5.97 Å². The number of rotatable bonds is 9. The SMILES string of the molecule is C=CN/C(=C\C)C(=O)OCC[N+](CC)(CC)CC. The molecular formula is C14H27N2O2+. The Morgan fingerprint density at radius 2 is 1.83 bits per heavy atom. The molecule has 0 unspecified atom stereocenters. The molecule has 0 atom stereocenters. The molecule has 104 valence electrons. The Morgan fingerprint density at radius 3 is 2.22 bits per heavy atom. The van der Waals surface area contributed by atoms with Crippen LogP contribution in [0.1, 0.15) is 27.7 Å². The third kappa shape index (κ3) is 4.92. The van der Waals surface area contributed by atoms with Gasteiger partial charge in [0.25, 0.3) is 0 Å². The summed E-state index contributed by atoms with van der Waals surface area (Å²) in [7, 11) is 0. The quantitative estimate of drug-likeness (QED) is 0.389. The molecule has 0 bridgehead atoms. The van der Waals surface area contributed by atoms with Crippen molar-refractivity contribution in [3.63, 3.8) is 0 Å². The molecule has 0 aliphatic rings. The topological polar surface area (TPSA) is 38.3 Å². The van der Waals surface area contributed by atoms with Gasteiger partial charge in [-0.05, 0) is 33.9 Å². The van der Waals surface area contributed by atoms with Gasteiger partial charge in [0.15, 0.2) is 0 Å². The number of hydrogen-bond donors (Lipinski definition) is 1. The minimum Gasteiger partial charge on any atom is -0.455 e. The number of allylic oxidation sites excluding steroid dienone is 1. The molecule has 0 spiro atoms. The van der Waals surface area contributed by atoms with Gasteiger partial charge in [-0.3, -0.25) is 0 Å². The second-order valence-corrected chi connectivity index (χ2v) is 4.20. The second kappa shape index (κ2) is 8.75. The number of carbonyl (C=O) groups excluding carboxylic acids is 1. The van der Waals surface area contributed by atoms with Crippen LogP contribution in [0.3, 0.4) is 0 Å². The Hall–Kier alpha value is -1.29. The van der Waals surface area contributed by atoms with Crippen molar-refractivity contribution < 1.29 is 14.0 Å². The monoisotopic (exact) mass is 255 g/mol. The highest BCUT2D eigenvalue weighted by molar-refractivity contribution is 5.87. The van der Waals surface area contributed by atoms with E-state index in [0.29, 0.717) is 12.3 Å². The van der Waals surface area contributed by atoms with Gasteiger partial charge in [0, 0.05) is 0 Å². The third-order valence-corrected chi connectivity index (χ3v) is 3.58. The molecule has 0 radical (unpaired) electrons. The number of quaternary nitrogens is 1. The molecule has 4 nitrogen and oxygen atoms in total. The lowest BCUT2D eigenvalue weighted by Crippen LogP contribution is -2.49. The smallest absolute Gasteiger partial charge is 0.354 e. The highest BCUT2D eigenvalue weighted by Gasteiger charge is 2.21. The molecule has 0 aromatic heterocycles. The van der Waals surface area contributed by atoms with Crippen molar-refractivity contribution in [2.24, 2.45) is 0 Å². The van der Waals surface area contributed by atoms with Gasteiger partial charge in [0.2, 0.25) is 0 Å². The van der Waals surface area contributed by atoms with Gasteiger partial charge < -0.3 is 14.5 Å². The molecule has 18 heavy (non-hydrogen) atoms. The fourth-order valence-corrected chi connectivity index (χ4v) is 1.92. The molecule has 0 aliphatic heterocycles. The van der Waals surface area contributed by atoms with E-state index in [1.807, 2.05) is 0 Å². The first-order chi connectivity index (χ1) is 8.59. The average Bonchev–Trinajstić information content (AvgIpc) is 2.41. The van der Waals surface area contributed by atoms with Crippen LogP contribution in [0.2, 0.25) is 0 Å². The third-order valence-electron chi connectivity index (χ3n) is 3.58. The number of carbonyl (C=O) groups is 1. The van der Waals surface area contributed by atoms with E-state index in [-0.39, 0.29) is 5.97 Å². The number of nitrogens with one attached hydrogen (secondary N) is 1. The van der Waals surface area contributed by atoms with Gasteiger partial charge in [-0.1, -0.05) is 12.7 Å². The molecule has 0 aromatic carbocycles. The van der Waals surface area contributed by atoms with Crippen LogP contribution in [0.25, 0.3) is 0 Å². The highest BCUT2D eigenvalue weighted by atomic mass is 16.5. The summed E-state index contributed by atoms with van der Waals surface area (Å²) in [6.07, 6.45) is 3.16. The summed E-state index contributed by atoms with van der Waals surface area (Å²) in [4.78, 5) is 11.7. The zero-order valence-electron chi connectivity index (χ0n) is 12.2. The second-order valence-electron chi connectivity index (χ2n) is 4.20. The molecule has 0 rings (SSSR count). The maximum Gasteiger partial charge on any atom is 0.354 e. The molecule has 0 heterocycles. The molecule has 0 aromatic rings. The van der Waals surface area contributed by atoms with Crippen LogP contribution in [0.4, 0.5) is 0 Å². The number of ether oxygens (including phenoxy) is 1. The van der Waals surface area contributed by atoms with Crippen molar-refractivity contribution in [2.75, 3.05) is 32.8 Å². The molecule has 0 aliphatic carbocycles. The molecule has 0 amide bonds. The van der Waals surface area contributed by atoms with Gasteiger partial charge in [0.05, 0.1) is 19.6 Å². The van der Waals surface area contributed by atoms with E-state index >= 15 is 0 Å². The highest BCUT2D eigenvalue weighted by Crippen LogP contribution is 2.05. The number of nitrogens with zero attached hydrogens (tertiary/aromatic N) is 1.